The van der Waals surface area contributed by atoms with Gasteiger partial charge in [0, 0.05) is 24.5 Å². The number of hydrogen-bond donors (Lipinski definition) is 2. The molecule has 1 heterocycles. The van der Waals surface area contributed by atoms with Gasteiger partial charge in [-0.15, -0.1) is 0 Å². The number of pyridine rings is 1. The molecule has 0 bridgehead atoms. The number of nitrogens with zero attached hydrogens (tertiary/aromatic N) is 1. The Labute approximate surface area is 152 Å². The van der Waals surface area contributed by atoms with Crippen molar-refractivity contribution in [3.8, 4) is 0 Å². The molecule has 1 aromatic heterocycles. The Hall–Kier alpha value is -2.11. The number of carbonyl (C=O) groups is 1. The number of halogens is 3. The van der Waals surface area contributed by atoms with Crippen LogP contribution in [-0.2, 0) is 16.6 Å². The lowest BCUT2D eigenvalue weighted by atomic mass is 10.2. The Balaban J connectivity index is 2.08. The summed E-state index contributed by atoms with van der Waals surface area (Å²) >= 11 is -0.461. The van der Waals surface area contributed by atoms with E-state index in [2.05, 4.69) is 15.0 Å². The Morgan fingerprint density at radius 3 is 2.42 bits per heavy atom. The van der Waals surface area contributed by atoms with E-state index in [4.69, 9.17) is 0 Å². The normalized spacial score (nSPS) is 12.0. The third-order valence-electron chi connectivity index (χ3n) is 3.18. The monoisotopic (exact) mass is 405 g/mol. The van der Waals surface area contributed by atoms with Crippen LogP contribution < -0.4 is 10.0 Å². The second-order valence-corrected chi connectivity index (χ2v) is 7.88. The highest BCUT2D eigenvalue weighted by atomic mass is 32.2. The molecule has 0 unspecified atom stereocenters. The number of rotatable bonds is 6. The molecule has 1 amide bonds. The Morgan fingerprint density at radius 1 is 1.19 bits per heavy atom. The van der Waals surface area contributed by atoms with Gasteiger partial charge in [-0.3, -0.25) is 4.79 Å². The van der Waals surface area contributed by atoms with Gasteiger partial charge in [-0.05, 0) is 36.9 Å². The topological polar surface area (TPSA) is 88.2 Å². The van der Waals surface area contributed by atoms with E-state index < -0.39 is 38.2 Å². The Morgan fingerprint density at radius 2 is 1.85 bits per heavy atom. The van der Waals surface area contributed by atoms with Gasteiger partial charge in [0.25, 0.3) is 5.91 Å². The lowest BCUT2D eigenvalue weighted by Gasteiger charge is -2.10. The number of benzene rings is 1. The van der Waals surface area contributed by atoms with Gasteiger partial charge in [-0.2, -0.15) is 13.2 Å². The van der Waals surface area contributed by atoms with E-state index in [-0.39, 0.29) is 17.0 Å². The fourth-order valence-electron chi connectivity index (χ4n) is 1.94. The first-order chi connectivity index (χ1) is 12.1. The van der Waals surface area contributed by atoms with E-state index in [0.717, 1.165) is 0 Å². The van der Waals surface area contributed by atoms with E-state index in [9.17, 15) is 26.4 Å². The molecule has 2 rings (SSSR count). The molecule has 140 valence electrons. The summed E-state index contributed by atoms with van der Waals surface area (Å²) in [5, 5.41) is 2.05. The van der Waals surface area contributed by atoms with Crippen molar-refractivity contribution in [3.63, 3.8) is 0 Å². The highest BCUT2D eigenvalue weighted by Gasteiger charge is 2.32. The van der Waals surface area contributed by atoms with Gasteiger partial charge in [-0.1, -0.05) is 12.1 Å². The molecule has 11 heteroatoms. The van der Waals surface area contributed by atoms with Crippen molar-refractivity contribution in [1.82, 2.24) is 15.0 Å². The van der Waals surface area contributed by atoms with Crippen molar-refractivity contribution in [2.75, 3.05) is 7.05 Å². The van der Waals surface area contributed by atoms with Crippen LogP contribution in [0.25, 0.3) is 0 Å². The molecule has 2 N–H and O–H groups in total. The summed E-state index contributed by atoms with van der Waals surface area (Å²) in [5.41, 5.74) is -4.16. The molecule has 2 aromatic rings. The van der Waals surface area contributed by atoms with Crippen LogP contribution in [0.4, 0.5) is 13.2 Å². The molecule has 6 nitrogen and oxygen atoms in total. The predicted octanol–water partition coefficient (Wildman–Crippen LogP) is 2.53. The summed E-state index contributed by atoms with van der Waals surface area (Å²) in [6.45, 7) is 0.0176. The number of sulfonamides is 1. The Bertz CT molecular complexity index is 885. The molecule has 0 saturated carbocycles. The van der Waals surface area contributed by atoms with Gasteiger partial charge in [0.2, 0.25) is 10.0 Å². The standard InChI is InChI=1S/C15H14F3N3O3S2/c1-19-26(23,24)11-6-4-10(5-7-11)9-21-13(22)12-3-2-8-20-14(12)25-15(16,17)18/h2-8,19H,9H2,1H3,(H,21,22). The molecule has 0 radical (unpaired) electrons. The van der Waals surface area contributed by atoms with Crippen LogP contribution in [0.15, 0.2) is 52.5 Å². The first-order valence-electron chi connectivity index (χ1n) is 7.14. The molecule has 0 atom stereocenters. The fraction of sp³-hybridized carbons (Fsp3) is 0.200. The first-order valence-corrected chi connectivity index (χ1v) is 9.44. The van der Waals surface area contributed by atoms with Gasteiger partial charge < -0.3 is 5.32 Å². The maximum atomic E-state index is 12.5. The van der Waals surface area contributed by atoms with E-state index >= 15 is 0 Å². The number of aromatic nitrogens is 1. The molecule has 0 fully saturated rings. The van der Waals surface area contributed by atoms with Gasteiger partial charge in [0.15, 0.2) is 0 Å². The quantitative estimate of drug-likeness (QED) is 0.721. The summed E-state index contributed by atoms with van der Waals surface area (Å²) in [5.74, 6) is -0.711. The summed E-state index contributed by atoms with van der Waals surface area (Å²) in [6, 6.07) is 8.34. The number of hydrogen-bond acceptors (Lipinski definition) is 5. The minimum absolute atomic E-state index is 0.0176. The van der Waals surface area contributed by atoms with E-state index in [0.29, 0.717) is 5.56 Å². The zero-order chi connectivity index (χ0) is 19.4. The van der Waals surface area contributed by atoms with Crippen LogP contribution in [0.5, 0.6) is 0 Å². The minimum atomic E-state index is -4.56. The summed E-state index contributed by atoms with van der Waals surface area (Å²) in [4.78, 5) is 15.8. The molecule has 26 heavy (non-hydrogen) atoms. The van der Waals surface area contributed by atoms with Gasteiger partial charge >= 0.3 is 5.51 Å². The van der Waals surface area contributed by atoms with Gasteiger partial charge in [-0.25, -0.2) is 18.1 Å². The van der Waals surface area contributed by atoms with Crippen LogP contribution in [0, 0.1) is 0 Å². The van der Waals surface area contributed by atoms with Crippen LogP contribution in [-0.4, -0.2) is 31.9 Å². The lowest BCUT2D eigenvalue weighted by molar-refractivity contribution is -0.0329. The van der Waals surface area contributed by atoms with Crippen molar-refractivity contribution in [1.29, 1.82) is 0 Å². The SMILES string of the molecule is CNS(=O)(=O)c1ccc(CNC(=O)c2cccnc2SC(F)(F)F)cc1. The maximum absolute atomic E-state index is 12.5. The van der Waals surface area contributed by atoms with Crippen molar-refractivity contribution in [3.05, 3.63) is 53.7 Å². The average Bonchev–Trinajstić information content (AvgIpc) is 2.59. The number of amides is 1. The highest BCUT2D eigenvalue weighted by Crippen LogP contribution is 2.37. The van der Waals surface area contributed by atoms with E-state index in [1.54, 1.807) is 0 Å². The number of thioether (sulfide) groups is 1. The molecular formula is C15H14F3N3O3S2. The highest BCUT2D eigenvalue weighted by molar-refractivity contribution is 8.00. The summed E-state index contributed by atoms with van der Waals surface area (Å²) in [7, 11) is -2.28. The third-order valence-corrected chi connectivity index (χ3v) is 5.36. The first kappa shape index (κ1) is 20.2. The van der Waals surface area contributed by atoms with Crippen LogP contribution >= 0.6 is 11.8 Å². The Kier molecular flexibility index (Phi) is 6.26. The second-order valence-electron chi connectivity index (χ2n) is 4.94. The van der Waals surface area contributed by atoms with Crippen LogP contribution in [0.3, 0.4) is 0 Å². The van der Waals surface area contributed by atoms with Crippen LogP contribution in [0.2, 0.25) is 0 Å². The fourth-order valence-corrected chi connectivity index (χ4v) is 3.27. The molecule has 0 aliphatic rings. The largest absolute Gasteiger partial charge is 0.447 e. The molecule has 0 aliphatic heterocycles. The van der Waals surface area contributed by atoms with Crippen molar-refractivity contribution in [2.45, 2.75) is 22.0 Å². The second kappa shape index (κ2) is 8.06. The maximum Gasteiger partial charge on any atom is 0.447 e. The smallest absolute Gasteiger partial charge is 0.348 e. The number of alkyl halides is 3. The van der Waals surface area contributed by atoms with E-state index in [1.807, 2.05) is 0 Å². The van der Waals surface area contributed by atoms with Crippen LogP contribution in [0.1, 0.15) is 15.9 Å². The molecule has 0 spiro atoms. The lowest BCUT2D eigenvalue weighted by Crippen LogP contribution is -2.24. The third kappa shape index (κ3) is 5.44. The molecular weight excluding hydrogens is 391 g/mol. The predicted molar refractivity (Wildman–Crippen MR) is 90.0 cm³/mol. The molecule has 1 aromatic carbocycles. The van der Waals surface area contributed by atoms with Crippen molar-refractivity contribution in [2.24, 2.45) is 0 Å². The molecule has 0 saturated heterocycles. The average molecular weight is 405 g/mol. The zero-order valence-electron chi connectivity index (χ0n) is 13.4. The van der Waals surface area contributed by atoms with E-state index in [1.165, 1.54) is 49.6 Å². The van der Waals surface area contributed by atoms with Crippen molar-refractivity contribution >= 4 is 27.7 Å². The zero-order valence-corrected chi connectivity index (χ0v) is 15.0. The summed E-state index contributed by atoms with van der Waals surface area (Å²) in [6.07, 6.45) is 1.17. The minimum Gasteiger partial charge on any atom is -0.348 e. The van der Waals surface area contributed by atoms with Gasteiger partial charge in [0.05, 0.1) is 10.5 Å². The van der Waals surface area contributed by atoms with Crippen molar-refractivity contribution < 1.29 is 26.4 Å². The summed E-state index contributed by atoms with van der Waals surface area (Å²) < 4.78 is 63.0. The number of nitrogens with one attached hydrogen (secondary N) is 2. The van der Waals surface area contributed by atoms with Gasteiger partial charge in [0.1, 0.15) is 5.03 Å². The number of carbonyl (C=O) groups excluding carboxylic acids is 1. The molecule has 0 aliphatic carbocycles.